The first kappa shape index (κ1) is 20.6. The number of hydrogen-bond acceptors (Lipinski definition) is 0. The summed E-state index contributed by atoms with van der Waals surface area (Å²) in [7, 11) is 0. The van der Waals surface area contributed by atoms with Crippen molar-refractivity contribution < 1.29 is 13.2 Å². The molecule has 8 rings (SSSR count). The summed E-state index contributed by atoms with van der Waals surface area (Å²) in [4.78, 5) is 0. The van der Waals surface area contributed by atoms with Crippen molar-refractivity contribution in [1.82, 2.24) is 4.40 Å². The molecule has 0 spiro atoms. The lowest BCUT2D eigenvalue weighted by Gasteiger charge is -2.09. The zero-order chi connectivity index (χ0) is 24.9. The third-order valence-electron chi connectivity index (χ3n) is 7.67. The fourth-order valence-electron chi connectivity index (χ4n) is 5.93. The van der Waals surface area contributed by atoms with Gasteiger partial charge in [-0.1, -0.05) is 60.7 Å². The van der Waals surface area contributed by atoms with Gasteiger partial charge in [-0.2, -0.15) is 13.2 Å². The SMILES string of the molecule is FC(F)(F)c1ccc(-c2cc3c4cc5ccccc5cc4n4c5cc6ccccc6cc5c(c2)c34)cc1. The first-order valence-corrected chi connectivity index (χ1v) is 12.2. The van der Waals surface area contributed by atoms with Crippen LogP contribution in [0.3, 0.4) is 0 Å². The number of nitrogens with zero attached hydrogens (tertiary/aromatic N) is 1. The van der Waals surface area contributed by atoms with E-state index in [1.165, 1.54) is 10.8 Å². The lowest BCUT2D eigenvalue weighted by Crippen LogP contribution is -2.03. The molecule has 0 aliphatic carbocycles. The molecule has 0 amide bonds. The number of fused-ring (bicyclic) bond motifs is 8. The Balaban J connectivity index is 1.54. The summed E-state index contributed by atoms with van der Waals surface area (Å²) in [5, 5.41) is 9.16. The van der Waals surface area contributed by atoms with Gasteiger partial charge in [-0.25, -0.2) is 0 Å². The van der Waals surface area contributed by atoms with E-state index in [0.717, 1.165) is 72.1 Å². The van der Waals surface area contributed by atoms with E-state index in [1.807, 2.05) is 12.1 Å². The third-order valence-corrected chi connectivity index (χ3v) is 7.67. The summed E-state index contributed by atoms with van der Waals surface area (Å²) < 4.78 is 42.0. The Bertz CT molecular complexity index is 2040. The molecular weight excluding hydrogens is 467 g/mol. The summed E-state index contributed by atoms with van der Waals surface area (Å²) in [6.45, 7) is 0. The predicted molar refractivity (Wildman–Crippen MR) is 147 cm³/mol. The lowest BCUT2D eigenvalue weighted by molar-refractivity contribution is -0.137. The van der Waals surface area contributed by atoms with Gasteiger partial charge >= 0.3 is 6.18 Å². The number of alkyl halides is 3. The lowest BCUT2D eigenvalue weighted by atomic mass is 9.97. The van der Waals surface area contributed by atoms with E-state index in [1.54, 1.807) is 12.1 Å². The van der Waals surface area contributed by atoms with E-state index < -0.39 is 11.7 Å². The van der Waals surface area contributed by atoms with Crippen LogP contribution in [0.1, 0.15) is 5.56 Å². The van der Waals surface area contributed by atoms with Crippen molar-refractivity contribution in [3.63, 3.8) is 0 Å². The van der Waals surface area contributed by atoms with Crippen LogP contribution < -0.4 is 0 Å². The van der Waals surface area contributed by atoms with E-state index >= 15 is 0 Å². The van der Waals surface area contributed by atoms with Gasteiger partial charge in [0.1, 0.15) is 0 Å². The Morgan fingerprint density at radius 2 is 0.919 bits per heavy atom. The predicted octanol–water partition coefficient (Wildman–Crippen LogP) is 9.83. The van der Waals surface area contributed by atoms with Gasteiger partial charge in [0.2, 0.25) is 0 Å². The maximum absolute atomic E-state index is 13.2. The maximum atomic E-state index is 13.2. The molecule has 4 heteroatoms. The average molecular weight is 486 g/mol. The van der Waals surface area contributed by atoms with E-state index in [9.17, 15) is 13.2 Å². The van der Waals surface area contributed by atoms with Crippen molar-refractivity contribution in [2.45, 2.75) is 6.18 Å². The standard InChI is InChI=1S/C33H18F3N/c34-33(35,36)25-11-9-19(10-12-25)24-15-28-26-13-20-5-1-3-7-22(20)17-30(26)37-31-18-23-8-4-2-6-21(23)14-27(31)29(16-24)32(28)37/h1-18H. The molecule has 0 N–H and O–H groups in total. The Labute approximate surface area is 209 Å². The monoisotopic (exact) mass is 485 g/mol. The summed E-state index contributed by atoms with van der Waals surface area (Å²) in [6.07, 6.45) is -4.36. The Kier molecular flexibility index (Phi) is 3.90. The van der Waals surface area contributed by atoms with Crippen LogP contribution in [0, 0.1) is 0 Å². The quantitative estimate of drug-likeness (QED) is 0.218. The van der Waals surface area contributed by atoms with Crippen LogP contribution in [0.25, 0.3) is 70.8 Å². The minimum Gasteiger partial charge on any atom is -0.308 e. The van der Waals surface area contributed by atoms with Crippen molar-refractivity contribution in [2.75, 3.05) is 0 Å². The first-order valence-electron chi connectivity index (χ1n) is 12.2. The molecule has 2 heterocycles. The van der Waals surface area contributed by atoms with Gasteiger partial charge in [-0.05, 0) is 81.2 Å². The smallest absolute Gasteiger partial charge is 0.308 e. The van der Waals surface area contributed by atoms with Gasteiger partial charge in [0, 0.05) is 21.5 Å². The van der Waals surface area contributed by atoms with Crippen molar-refractivity contribution in [2.24, 2.45) is 0 Å². The zero-order valence-electron chi connectivity index (χ0n) is 19.5. The summed E-state index contributed by atoms with van der Waals surface area (Å²) in [6, 6.07) is 35.4. The van der Waals surface area contributed by atoms with Gasteiger partial charge in [0.05, 0.1) is 22.1 Å². The molecule has 1 nitrogen and oxygen atoms in total. The van der Waals surface area contributed by atoms with Gasteiger partial charge in [-0.15, -0.1) is 0 Å². The highest BCUT2D eigenvalue weighted by atomic mass is 19.4. The van der Waals surface area contributed by atoms with Crippen molar-refractivity contribution in [3.05, 3.63) is 115 Å². The summed E-state index contributed by atoms with van der Waals surface area (Å²) in [5.41, 5.74) is 4.45. The number of benzene rings is 6. The average Bonchev–Trinajstić information content (AvgIpc) is 3.40. The van der Waals surface area contributed by atoms with Crippen molar-refractivity contribution in [1.29, 1.82) is 0 Å². The summed E-state index contributed by atoms with van der Waals surface area (Å²) in [5.74, 6) is 0. The highest BCUT2D eigenvalue weighted by Crippen LogP contribution is 2.44. The summed E-state index contributed by atoms with van der Waals surface area (Å²) >= 11 is 0. The van der Waals surface area contributed by atoms with Crippen LogP contribution in [0.5, 0.6) is 0 Å². The van der Waals surface area contributed by atoms with Gasteiger partial charge in [-0.3, -0.25) is 0 Å². The molecule has 0 saturated heterocycles. The molecule has 2 aromatic heterocycles. The molecule has 0 unspecified atom stereocenters. The van der Waals surface area contributed by atoms with E-state index in [-0.39, 0.29) is 0 Å². The maximum Gasteiger partial charge on any atom is 0.416 e. The van der Waals surface area contributed by atoms with Crippen LogP contribution in [0.4, 0.5) is 13.2 Å². The Morgan fingerprint density at radius 1 is 0.459 bits per heavy atom. The Morgan fingerprint density at radius 3 is 1.38 bits per heavy atom. The molecular formula is C33H18F3N. The first-order chi connectivity index (χ1) is 18.0. The van der Waals surface area contributed by atoms with Gasteiger partial charge in [0.15, 0.2) is 0 Å². The van der Waals surface area contributed by atoms with Gasteiger partial charge in [0.25, 0.3) is 0 Å². The zero-order valence-corrected chi connectivity index (χ0v) is 19.5. The second kappa shape index (κ2) is 7.01. The van der Waals surface area contributed by atoms with Crippen molar-refractivity contribution >= 4 is 59.6 Å². The number of aromatic nitrogens is 1. The molecule has 0 aliphatic rings. The largest absolute Gasteiger partial charge is 0.416 e. The van der Waals surface area contributed by atoms with Crippen LogP contribution in [0.15, 0.2) is 109 Å². The van der Waals surface area contributed by atoms with E-state index in [0.29, 0.717) is 0 Å². The molecule has 0 aliphatic heterocycles. The molecule has 0 bridgehead atoms. The topological polar surface area (TPSA) is 4.41 Å². The van der Waals surface area contributed by atoms with E-state index in [2.05, 4.69) is 77.2 Å². The molecule has 0 radical (unpaired) electrons. The number of hydrogen-bond donors (Lipinski definition) is 0. The Hall–Kier alpha value is -4.57. The third kappa shape index (κ3) is 2.87. The molecule has 0 atom stereocenters. The molecule has 176 valence electrons. The molecule has 8 aromatic rings. The van der Waals surface area contributed by atoms with Crippen LogP contribution in [-0.4, -0.2) is 4.40 Å². The molecule has 37 heavy (non-hydrogen) atoms. The second-order valence-corrected chi connectivity index (χ2v) is 9.76. The normalized spacial score (nSPS) is 12.7. The molecule has 0 saturated carbocycles. The highest BCUT2D eigenvalue weighted by molar-refractivity contribution is 6.26. The minimum atomic E-state index is -4.36. The van der Waals surface area contributed by atoms with E-state index in [4.69, 9.17) is 0 Å². The van der Waals surface area contributed by atoms with Crippen LogP contribution in [0.2, 0.25) is 0 Å². The number of rotatable bonds is 1. The fraction of sp³-hybridized carbons (Fsp3) is 0.0303. The second-order valence-electron chi connectivity index (χ2n) is 9.76. The van der Waals surface area contributed by atoms with Crippen molar-refractivity contribution in [3.8, 4) is 11.1 Å². The minimum absolute atomic E-state index is 0.637. The highest BCUT2D eigenvalue weighted by Gasteiger charge is 2.30. The van der Waals surface area contributed by atoms with Gasteiger partial charge < -0.3 is 4.40 Å². The van der Waals surface area contributed by atoms with Crippen LogP contribution in [-0.2, 0) is 6.18 Å². The molecule has 0 fully saturated rings. The van der Waals surface area contributed by atoms with Crippen LogP contribution >= 0.6 is 0 Å². The molecule has 6 aromatic carbocycles. The number of halogens is 3. The fourth-order valence-corrected chi connectivity index (χ4v) is 5.93.